The Hall–Kier alpha value is -3.45. The summed E-state index contributed by atoms with van der Waals surface area (Å²) in [4.78, 5) is 28.0. The average Bonchev–Trinajstić information content (AvgIpc) is 2.70. The number of nitrogens with zero attached hydrogens (tertiary/aromatic N) is 2. The van der Waals surface area contributed by atoms with E-state index in [0.29, 0.717) is 0 Å². The Morgan fingerprint density at radius 2 is 1.66 bits per heavy atom. The van der Waals surface area contributed by atoms with Crippen LogP contribution < -0.4 is 15.4 Å². The third-order valence-electron chi connectivity index (χ3n) is 3.82. The molecular formula is C20H9Cl3F2N4O3. The quantitative estimate of drug-likeness (QED) is 0.434. The number of imide groups is 1. The topological polar surface area (TPSA) is 104 Å². The molecule has 0 saturated heterocycles. The highest BCUT2D eigenvalue weighted by Crippen LogP contribution is 2.39. The van der Waals surface area contributed by atoms with Crippen molar-refractivity contribution in [2.75, 3.05) is 5.32 Å². The molecule has 0 aliphatic carbocycles. The standard InChI is InChI=1S/C20H9Cl3F2N4O3/c21-11-6-10(27-20(31)29-18(30)16-13(24)2-1-3-14(16)25)7-12(22)17(11)32-19-9(8-26)4-5-15(23)28-19/h1-7H,(H2,27,29,30,31). The van der Waals surface area contributed by atoms with Crippen LogP contribution >= 0.6 is 34.8 Å². The number of benzene rings is 2. The van der Waals surface area contributed by atoms with Crippen molar-refractivity contribution in [3.05, 3.63) is 80.4 Å². The molecule has 2 aromatic carbocycles. The Morgan fingerprint density at radius 3 is 2.25 bits per heavy atom. The number of rotatable bonds is 4. The maximum atomic E-state index is 13.7. The molecule has 12 heteroatoms. The molecule has 0 saturated carbocycles. The van der Waals surface area contributed by atoms with Gasteiger partial charge in [-0.3, -0.25) is 10.1 Å². The van der Waals surface area contributed by atoms with E-state index in [1.807, 2.05) is 6.07 Å². The van der Waals surface area contributed by atoms with Crippen LogP contribution in [0.1, 0.15) is 15.9 Å². The zero-order chi connectivity index (χ0) is 23.4. The number of hydrogen-bond acceptors (Lipinski definition) is 5. The van der Waals surface area contributed by atoms with Gasteiger partial charge in [-0.2, -0.15) is 5.26 Å². The van der Waals surface area contributed by atoms with Crippen molar-refractivity contribution in [3.63, 3.8) is 0 Å². The van der Waals surface area contributed by atoms with Crippen LogP contribution in [0.25, 0.3) is 0 Å². The zero-order valence-electron chi connectivity index (χ0n) is 15.6. The molecular weight excluding hydrogens is 489 g/mol. The number of amides is 3. The highest BCUT2D eigenvalue weighted by Gasteiger charge is 2.20. The number of halogens is 5. The van der Waals surface area contributed by atoms with Gasteiger partial charge in [0, 0.05) is 5.69 Å². The van der Waals surface area contributed by atoms with E-state index in [0.717, 1.165) is 18.2 Å². The predicted octanol–water partition coefficient (Wildman–Crippen LogP) is 5.95. The maximum absolute atomic E-state index is 13.7. The molecule has 3 rings (SSSR count). The lowest BCUT2D eigenvalue weighted by Crippen LogP contribution is -2.35. The normalized spacial score (nSPS) is 10.2. The fraction of sp³-hybridized carbons (Fsp3) is 0. The first-order valence-corrected chi connectivity index (χ1v) is 9.63. The molecule has 3 aromatic rings. The molecule has 0 spiro atoms. The summed E-state index contributed by atoms with van der Waals surface area (Å²) in [7, 11) is 0. The number of urea groups is 1. The van der Waals surface area contributed by atoms with E-state index in [4.69, 9.17) is 44.8 Å². The minimum absolute atomic E-state index is 0.0335. The minimum atomic E-state index is -1.29. The first-order chi connectivity index (χ1) is 15.2. The van der Waals surface area contributed by atoms with Gasteiger partial charge < -0.3 is 10.1 Å². The molecule has 0 radical (unpaired) electrons. The predicted molar refractivity (Wildman–Crippen MR) is 113 cm³/mol. The maximum Gasteiger partial charge on any atom is 0.326 e. The van der Waals surface area contributed by atoms with Crippen molar-refractivity contribution in [2.24, 2.45) is 0 Å². The number of nitriles is 1. The number of hydrogen-bond donors (Lipinski definition) is 2. The van der Waals surface area contributed by atoms with E-state index in [9.17, 15) is 18.4 Å². The Bertz CT molecular complexity index is 1240. The number of pyridine rings is 1. The van der Waals surface area contributed by atoms with Crippen LogP contribution in [0, 0.1) is 23.0 Å². The summed E-state index contributed by atoms with van der Waals surface area (Å²) in [5.74, 6) is -3.76. The van der Waals surface area contributed by atoms with E-state index in [-0.39, 0.29) is 38.1 Å². The Balaban J connectivity index is 1.77. The highest BCUT2D eigenvalue weighted by molar-refractivity contribution is 6.37. The van der Waals surface area contributed by atoms with E-state index in [1.54, 1.807) is 5.32 Å². The molecule has 1 heterocycles. The third-order valence-corrected chi connectivity index (χ3v) is 4.59. The fourth-order valence-electron chi connectivity index (χ4n) is 2.45. The summed E-state index contributed by atoms with van der Waals surface area (Å²) in [5, 5.41) is 13.1. The van der Waals surface area contributed by atoms with Crippen molar-refractivity contribution in [1.82, 2.24) is 10.3 Å². The van der Waals surface area contributed by atoms with E-state index >= 15 is 0 Å². The second kappa shape index (κ2) is 9.78. The van der Waals surface area contributed by atoms with Gasteiger partial charge in [0.25, 0.3) is 5.91 Å². The smallest absolute Gasteiger partial charge is 0.326 e. The molecule has 7 nitrogen and oxygen atoms in total. The molecule has 3 amide bonds. The number of nitrogens with one attached hydrogen (secondary N) is 2. The SMILES string of the molecule is N#Cc1ccc(Cl)nc1Oc1c(Cl)cc(NC(=O)NC(=O)c2c(F)cccc2F)cc1Cl. The lowest BCUT2D eigenvalue weighted by molar-refractivity contribution is 0.0959. The molecule has 0 atom stereocenters. The molecule has 32 heavy (non-hydrogen) atoms. The monoisotopic (exact) mass is 496 g/mol. The molecule has 1 aromatic heterocycles. The second-order valence-corrected chi connectivity index (χ2v) is 7.18. The average molecular weight is 498 g/mol. The van der Waals surface area contributed by atoms with Gasteiger partial charge in [0.2, 0.25) is 5.88 Å². The molecule has 0 fully saturated rings. The van der Waals surface area contributed by atoms with Crippen molar-refractivity contribution >= 4 is 52.4 Å². The zero-order valence-corrected chi connectivity index (χ0v) is 17.8. The van der Waals surface area contributed by atoms with E-state index in [2.05, 4.69) is 10.3 Å². The van der Waals surface area contributed by atoms with Crippen molar-refractivity contribution in [3.8, 4) is 17.7 Å². The first-order valence-electron chi connectivity index (χ1n) is 8.49. The summed E-state index contributed by atoms with van der Waals surface area (Å²) < 4.78 is 32.8. The van der Waals surface area contributed by atoms with Crippen LogP contribution in [-0.4, -0.2) is 16.9 Å². The van der Waals surface area contributed by atoms with Gasteiger partial charge in [-0.25, -0.2) is 18.6 Å². The number of carbonyl (C=O) groups is 2. The van der Waals surface area contributed by atoms with Crippen molar-refractivity contribution in [1.29, 1.82) is 5.26 Å². The summed E-state index contributed by atoms with van der Waals surface area (Å²) in [6.45, 7) is 0. The minimum Gasteiger partial charge on any atom is -0.434 e. The number of ether oxygens (including phenoxy) is 1. The van der Waals surface area contributed by atoms with Gasteiger partial charge in [-0.1, -0.05) is 40.9 Å². The van der Waals surface area contributed by atoms with Crippen LogP contribution in [0.15, 0.2) is 42.5 Å². The van der Waals surface area contributed by atoms with Gasteiger partial charge in [-0.15, -0.1) is 0 Å². The van der Waals surface area contributed by atoms with E-state index < -0.39 is 29.1 Å². The molecule has 0 unspecified atom stereocenters. The lowest BCUT2D eigenvalue weighted by atomic mass is 10.2. The van der Waals surface area contributed by atoms with Gasteiger partial charge in [0.15, 0.2) is 5.75 Å². The van der Waals surface area contributed by atoms with Gasteiger partial charge in [0.05, 0.1) is 10.0 Å². The van der Waals surface area contributed by atoms with Crippen LogP contribution in [0.3, 0.4) is 0 Å². The van der Waals surface area contributed by atoms with Crippen LogP contribution in [0.2, 0.25) is 15.2 Å². The Labute approximate surface area is 194 Å². The van der Waals surface area contributed by atoms with Gasteiger partial charge in [-0.05, 0) is 36.4 Å². The molecule has 0 aliphatic heterocycles. The number of anilines is 1. The van der Waals surface area contributed by atoms with Crippen molar-refractivity contribution < 1.29 is 23.1 Å². The molecule has 162 valence electrons. The second-order valence-electron chi connectivity index (χ2n) is 5.97. The Morgan fingerprint density at radius 1 is 1.03 bits per heavy atom. The van der Waals surface area contributed by atoms with Crippen LogP contribution in [0.4, 0.5) is 19.3 Å². The molecule has 2 N–H and O–H groups in total. The fourth-order valence-corrected chi connectivity index (χ4v) is 3.15. The van der Waals surface area contributed by atoms with Gasteiger partial charge in [0.1, 0.15) is 34.0 Å². The summed E-state index contributed by atoms with van der Waals surface area (Å²) in [6.07, 6.45) is 0. The van der Waals surface area contributed by atoms with Crippen LogP contribution in [0.5, 0.6) is 11.6 Å². The van der Waals surface area contributed by atoms with Crippen molar-refractivity contribution in [2.45, 2.75) is 0 Å². The summed E-state index contributed by atoms with van der Waals surface area (Å²) >= 11 is 18.1. The number of carbonyl (C=O) groups excluding carboxylic acids is 2. The van der Waals surface area contributed by atoms with E-state index in [1.165, 1.54) is 24.3 Å². The largest absolute Gasteiger partial charge is 0.434 e. The van der Waals surface area contributed by atoms with Gasteiger partial charge >= 0.3 is 6.03 Å². The first kappa shape index (κ1) is 23.2. The highest BCUT2D eigenvalue weighted by atomic mass is 35.5. The molecule has 0 aliphatic rings. The Kier molecular flexibility index (Phi) is 7.10. The molecule has 0 bridgehead atoms. The lowest BCUT2D eigenvalue weighted by Gasteiger charge is -2.13. The van der Waals surface area contributed by atoms with Crippen LogP contribution in [-0.2, 0) is 0 Å². The summed E-state index contributed by atoms with van der Waals surface area (Å²) in [6, 6.07) is 8.86. The number of aromatic nitrogens is 1. The third kappa shape index (κ3) is 5.23. The summed E-state index contributed by atoms with van der Waals surface area (Å²) in [5.41, 5.74) is -0.807.